The van der Waals surface area contributed by atoms with E-state index in [4.69, 9.17) is 4.74 Å². The number of hydrogen-bond donors (Lipinski definition) is 1. The molecule has 2 unspecified atom stereocenters. The number of rotatable bonds is 6. The monoisotopic (exact) mass is 384 g/mol. The second-order valence-electron chi connectivity index (χ2n) is 7.12. The molecule has 0 radical (unpaired) electrons. The fourth-order valence-corrected chi connectivity index (χ4v) is 3.71. The highest BCUT2D eigenvalue weighted by Gasteiger charge is 2.36. The summed E-state index contributed by atoms with van der Waals surface area (Å²) in [7, 11) is 1.61. The van der Waals surface area contributed by atoms with Crippen molar-refractivity contribution in [2.24, 2.45) is 0 Å². The van der Waals surface area contributed by atoms with Gasteiger partial charge in [-0.1, -0.05) is 24.3 Å². The van der Waals surface area contributed by atoms with Gasteiger partial charge in [-0.15, -0.1) is 0 Å². The maximum absolute atomic E-state index is 13.3. The molecule has 148 valence electrons. The van der Waals surface area contributed by atoms with E-state index in [1.165, 1.54) is 19.1 Å². The summed E-state index contributed by atoms with van der Waals surface area (Å²) >= 11 is 0. The Bertz CT molecular complexity index is 838. The molecule has 1 aliphatic rings. The van der Waals surface area contributed by atoms with Gasteiger partial charge in [0.1, 0.15) is 11.6 Å². The molecule has 1 saturated heterocycles. The lowest BCUT2D eigenvalue weighted by Crippen LogP contribution is -2.39. The predicted molar refractivity (Wildman–Crippen MR) is 105 cm³/mol. The van der Waals surface area contributed by atoms with Crippen molar-refractivity contribution in [1.29, 1.82) is 0 Å². The molecule has 2 aromatic carbocycles. The Hall–Kier alpha value is -2.89. The number of hydrogen-bond acceptors (Lipinski definition) is 3. The van der Waals surface area contributed by atoms with Crippen LogP contribution < -0.4 is 10.1 Å². The van der Waals surface area contributed by atoms with Gasteiger partial charge in [0.15, 0.2) is 0 Å². The first-order chi connectivity index (χ1) is 13.5. The zero-order valence-electron chi connectivity index (χ0n) is 16.2. The molecule has 0 bridgehead atoms. The highest BCUT2D eigenvalue weighted by molar-refractivity contribution is 5.78. The zero-order valence-corrected chi connectivity index (χ0v) is 16.2. The molecule has 1 heterocycles. The molecule has 0 aromatic heterocycles. The van der Waals surface area contributed by atoms with Gasteiger partial charge in [-0.2, -0.15) is 0 Å². The molecular formula is C22H25FN2O3. The quantitative estimate of drug-likeness (QED) is 0.833. The van der Waals surface area contributed by atoms with Crippen molar-refractivity contribution in [1.82, 2.24) is 10.2 Å². The van der Waals surface area contributed by atoms with Crippen molar-refractivity contribution in [3.63, 3.8) is 0 Å². The number of ether oxygens (including phenoxy) is 1. The van der Waals surface area contributed by atoms with Crippen molar-refractivity contribution >= 4 is 11.8 Å². The van der Waals surface area contributed by atoms with E-state index in [0.717, 1.165) is 16.9 Å². The summed E-state index contributed by atoms with van der Waals surface area (Å²) in [5.41, 5.74) is 1.86. The molecule has 6 heteroatoms. The highest BCUT2D eigenvalue weighted by atomic mass is 19.1. The molecule has 2 aromatic rings. The van der Waals surface area contributed by atoms with E-state index < -0.39 is 0 Å². The largest absolute Gasteiger partial charge is 0.497 e. The van der Waals surface area contributed by atoms with E-state index in [1.807, 2.05) is 30.3 Å². The molecule has 5 nitrogen and oxygen atoms in total. The average Bonchev–Trinajstić information content (AvgIpc) is 3.09. The van der Waals surface area contributed by atoms with Crippen LogP contribution in [0.5, 0.6) is 5.75 Å². The molecule has 0 aliphatic carbocycles. The van der Waals surface area contributed by atoms with Crippen LogP contribution >= 0.6 is 0 Å². The van der Waals surface area contributed by atoms with E-state index >= 15 is 0 Å². The molecule has 1 N–H and O–H groups in total. The smallest absolute Gasteiger partial charge is 0.222 e. The van der Waals surface area contributed by atoms with Crippen molar-refractivity contribution < 1.29 is 18.7 Å². The van der Waals surface area contributed by atoms with Gasteiger partial charge < -0.3 is 15.0 Å². The van der Waals surface area contributed by atoms with E-state index in [2.05, 4.69) is 5.32 Å². The number of carbonyl (C=O) groups is 2. The third kappa shape index (κ3) is 4.88. The molecule has 28 heavy (non-hydrogen) atoms. The Balaban J connectivity index is 1.68. The molecule has 2 atom stereocenters. The number of nitrogens with zero attached hydrogens (tertiary/aromatic N) is 1. The van der Waals surface area contributed by atoms with Gasteiger partial charge in [-0.25, -0.2) is 4.39 Å². The van der Waals surface area contributed by atoms with E-state index in [9.17, 15) is 14.0 Å². The zero-order chi connectivity index (χ0) is 20.1. The Morgan fingerprint density at radius 1 is 1.18 bits per heavy atom. The Morgan fingerprint density at radius 2 is 1.93 bits per heavy atom. The van der Waals surface area contributed by atoms with Crippen molar-refractivity contribution in [3.05, 3.63) is 65.5 Å². The lowest BCUT2D eigenvalue weighted by Gasteiger charge is -2.19. The average molecular weight is 384 g/mol. The summed E-state index contributed by atoms with van der Waals surface area (Å²) in [5.74, 6) is 0.387. The second-order valence-corrected chi connectivity index (χ2v) is 7.12. The van der Waals surface area contributed by atoms with E-state index in [0.29, 0.717) is 25.9 Å². The minimum absolute atomic E-state index is 0.00984. The van der Waals surface area contributed by atoms with Gasteiger partial charge in [0.2, 0.25) is 11.8 Å². The van der Waals surface area contributed by atoms with E-state index in [-0.39, 0.29) is 29.6 Å². The minimum atomic E-state index is -0.295. The molecule has 2 amide bonds. The normalized spacial score (nSPS) is 18.8. The van der Waals surface area contributed by atoms with Crippen LogP contribution in [-0.2, 0) is 16.0 Å². The molecule has 1 fully saturated rings. The van der Waals surface area contributed by atoms with Crippen molar-refractivity contribution in [3.8, 4) is 5.75 Å². The number of halogens is 1. The molecule has 1 aliphatic heterocycles. The van der Waals surface area contributed by atoms with Gasteiger partial charge in [-0.05, 0) is 41.8 Å². The van der Waals surface area contributed by atoms with Crippen LogP contribution in [0.25, 0.3) is 0 Å². The summed E-state index contributed by atoms with van der Waals surface area (Å²) in [6.45, 7) is 2.50. The topological polar surface area (TPSA) is 58.6 Å². The van der Waals surface area contributed by atoms with Crippen molar-refractivity contribution in [2.75, 3.05) is 20.2 Å². The second kappa shape index (κ2) is 8.87. The van der Waals surface area contributed by atoms with Gasteiger partial charge >= 0.3 is 0 Å². The summed E-state index contributed by atoms with van der Waals surface area (Å²) in [4.78, 5) is 26.1. The lowest BCUT2D eigenvalue weighted by atomic mass is 9.94. The molecule has 3 rings (SSSR count). The van der Waals surface area contributed by atoms with Crippen LogP contribution in [0.2, 0.25) is 0 Å². The summed E-state index contributed by atoms with van der Waals surface area (Å²) in [5, 5.41) is 2.97. The standard InChI is InChI=1S/C22H25FN2O3/c1-15(26)24-21-14-25(13-20(21)17-7-9-19(28-2)10-8-17)22(27)11-6-16-4-3-5-18(23)12-16/h3-5,7-10,12,20-21H,6,11,13-14H2,1-2H3,(H,24,26). The van der Waals surface area contributed by atoms with Crippen LogP contribution in [0.4, 0.5) is 4.39 Å². The fourth-order valence-electron chi connectivity index (χ4n) is 3.71. The first kappa shape index (κ1) is 19.9. The third-order valence-electron chi connectivity index (χ3n) is 5.12. The van der Waals surface area contributed by atoms with E-state index in [1.54, 1.807) is 18.1 Å². The summed E-state index contributed by atoms with van der Waals surface area (Å²) < 4.78 is 18.5. The highest BCUT2D eigenvalue weighted by Crippen LogP contribution is 2.29. The maximum atomic E-state index is 13.3. The Morgan fingerprint density at radius 3 is 2.57 bits per heavy atom. The number of aryl methyl sites for hydroxylation is 1. The summed E-state index contributed by atoms with van der Waals surface area (Å²) in [6.07, 6.45) is 0.802. The van der Waals surface area contributed by atoms with Crippen LogP contribution in [-0.4, -0.2) is 43.0 Å². The Labute approximate surface area is 164 Å². The van der Waals surface area contributed by atoms with Gasteiger partial charge in [0.05, 0.1) is 13.2 Å². The van der Waals surface area contributed by atoms with Crippen LogP contribution in [0.1, 0.15) is 30.4 Å². The molecule has 0 saturated carbocycles. The molecular weight excluding hydrogens is 359 g/mol. The van der Waals surface area contributed by atoms with Gasteiger partial charge in [0.25, 0.3) is 0 Å². The first-order valence-electron chi connectivity index (χ1n) is 9.39. The third-order valence-corrected chi connectivity index (χ3v) is 5.12. The number of methoxy groups -OCH3 is 1. The lowest BCUT2D eigenvalue weighted by molar-refractivity contribution is -0.130. The van der Waals surface area contributed by atoms with Crippen LogP contribution in [0, 0.1) is 5.82 Å². The summed E-state index contributed by atoms with van der Waals surface area (Å²) in [6, 6.07) is 13.9. The number of carbonyl (C=O) groups excluding carboxylic acids is 2. The van der Waals surface area contributed by atoms with Crippen LogP contribution in [0.15, 0.2) is 48.5 Å². The minimum Gasteiger partial charge on any atom is -0.497 e. The predicted octanol–water partition coefficient (Wildman–Crippen LogP) is 2.90. The van der Waals surface area contributed by atoms with Crippen molar-refractivity contribution in [2.45, 2.75) is 31.7 Å². The van der Waals surface area contributed by atoms with Crippen LogP contribution in [0.3, 0.4) is 0 Å². The number of likely N-dealkylation sites (tertiary alicyclic amines) is 1. The molecule has 0 spiro atoms. The Kier molecular flexibility index (Phi) is 6.29. The number of amides is 2. The SMILES string of the molecule is COc1ccc(C2CN(C(=O)CCc3cccc(F)c3)CC2NC(C)=O)cc1. The number of benzene rings is 2. The number of nitrogens with one attached hydrogen (secondary N) is 1. The fraction of sp³-hybridized carbons (Fsp3) is 0.364. The van der Waals surface area contributed by atoms with Gasteiger partial charge in [0, 0.05) is 32.4 Å². The first-order valence-corrected chi connectivity index (χ1v) is 9.39. The maximum Gasteiger partial charge on any atom is 0.222 e. The van der Waals surface area contributed by atoms with Gasteiger partial charge in [-0.3, -0.25) is 9.59 Å².